The number of amides is 1. The van der Waals surface area contributed by atoms with Gasteiger partial charge in [-0.05, 0) is 42.2 Å². The average molecular weight is 267 g/mol. The van der Waals surface area contributed by atoms with Crippen LogP contribution in [0.3, 0.4) is 0 Å². The molecule has 1 N–H and O–H groups in total. The maximum Gasteiger partial charge on any atom is 0.224 e. The molecule has 20 heavy (non-hydrogen) atoms. The molecule has 0 aliphatic rings. The molecule has 0 bridgehead atoms. The van der Waals surface area contributed by atoms with Crippen LogP contribution in [0.25, 0.3) is 11.1 Å². The van der Waals surface area contributed by atoms with E-state index in [0.717, 1.165) is 18.5 Å². The lowest BCUT2D eigenvalue weighted by atomic mass is 10.00. The van der Waals surface area contributed by atoms with Crippen molar-refractivity contribution in [3.8, 4) is 11.1 Å². The van der Waals surface area contributed by atoms with Gasteiger partial charge < -0.3 is 5.32 Å². The van der Waals surface area contributed by atoms with Gasteiger partial charge in [-0.25, -0.2) is 0 Å². The minimum Gasteiger partial charge on any atom is -0.326 e. The van der Waals surface area contributed by atoms with Crippen molar-refractivity contribution in [1.29, 1.82) is 0 Å². The van der Waals surface area contributed by atoms with Crippen LogP contribution < -0.4 is 5.32 Å². The van der Waals surface area contributed by atoms with Gasteiger partial charge in [-0.15, -0.1) is 0 Å². The predicted molar refractivity (Wildman–Crippen MR) is 84.8 cm³/mol. The number of aryl methyl sites for hydroxylation is 1. The fourth-order valence-corrected chi connectivity index (χ4v) is 2.19. The van der Waals surface area contributed by atoms with Crippen LogP contribution in [-0.4, -0.2) is 5.91 Å². The SMILES string of the molecule is CCCCC(=O)Nc1ccc(C)c(-c2ccccc2)c1. The number of anilines is 1. The summed E-state index contributed by atoms with van der Waals surface area (Å²) in [6.45, 7) is 4.18. The lowest BCUT2D eigenvalue weighted by molar-refractivity contribution is -0.116. The second-order valence-corrected chi connectivity index (χ2v) is 5.05. The molecule has 2 aromatic carbocycles. The molecule has 0 spiro atoms. The van der Waals surface area contributed by atoms with Gasteiger partial charge in [-0.1, -0.05) is 49.7 Å². The number of benzene rings is 2. The van der Waals surface area contributed by atoms with Crippen molar-refractivity contribution in [3.05, 3.63) is 54.1 Å². The van der Waals surface area contributed by atoms with Crippen molar-refractivity contribution < 1.29 is 4.79 Å². The van der Waals surface area contributed by atoms with E-state index in [1.54, 1.807) is 0 Å². The Hall–Kier alpha value is -2.09. The summed E-state index contributed by atoms with van der Waals surface area (Å²) < 4.78 is 0. The Morgan fingerprint density at radius 1 is 1.10 bits per heavy atom. The van der Waals surface area contributed by atoms with Gasteiger partial charge in [0.25, 0.3) is 0 Å². The van der Waals surface area contributed by atoms with Crippen LogP contribution in [0.4, 0.5) is 5.69 Å². The van der Waals surface area contributed by atoms with Crippen LogP contribution in [0.2, 0.25) is 0 Å². The predicted octanol–water partition coefficient (Wildman–Crippen LogP) is 4.79. The van der Waals surface area contributed by atoms with E-state index >= 15 is 0 Å². The quantitative estimate of drug-likeness (QED) is 0.829. The van der Waals surface area contributed by atoms with E-state index < -0.39 is 0 Å². The number of carbonyl (C=O) groups excluding carboxylic acids is 1. The second kappa shape index (κ2) is 6.90. The number of unbranched alkanes of at least 4 members (excludes halogenated alkanes) is 1. The highest BCUT2D eigenvalue weighted by Gasteiger charge is 2.06. The first-order valence-electron chi connectivity index (χ1n) is 7.16. The molecule has 2 nitrogen and oxygen atoms in total. The first kappa shape index (κ1) is 14.3. The van der Waals surface area contributed by atoms with Crippen LogP contribution in [0, 0.1) is 6.92 Å². The van der Waals surface area contributed by atoms with E-state index in [2.05, 4.69) is 43.4 Å². The molecule has 1 amide bonds. The molecule has 0 unspecified atom stereocenters. The maximum absolute atomic E-state index is 11.8. The van der Waals surface area contributed by atoms with Gasteiger partial charge in [0.15, 0.2) is 0 Å². The van der Waals surface area contributed by atoms with Crippen LogP contribution >= 0.6 is 0 Å². The molecule has 0 saturated carbocycles. The van der Waals surface area contributed by atoms with Gasteiger partial charge in [0.2, 0.25) is 5.91 Å². The number of hydrogen-bond donors (Lipinski definition) is 1. The molecule has 2 rings (SSSR count). The van der Waals surface area contributed by atoms with E-state index in [4.69, 9.17) is 0 Å². The van der Waals surface area contributed by atoms with Gasteiger partial charge >= 0.3 is 0 Å². The summed E-state index contributed by atoms with van der Waals surface area (Å²) in [7, 11) is 0. The highest BCUT2D eigenvalue weighted by Crippen LogP contribution is 2.26. The lowest BCUT2D eigenvalue weighted by Crippen LogP contribution is -2.11. The van der Waals surface area contributed by atoms with Crippen molar-refractivity contribution in [1.82, 2.24) is 0 Å². The normalized spacial score (nSPS) is 10.3. The molecule has 0 fully saturated rings. The molecule has 0 aromatic heterocycles. The van der Waals surface area contributed by atoms with E-state index in [9.17, 15) is 4.79 Å². The molecule has 0 radical (unpaired) electrons. The highest BCUT2D eigenvalue weighted by atomic mass is 16.1. The van der Waals surface area contributed by atoms with Crippen molar-refractivity contribution in [2.75, 3.05) is 5.32 Å². The molecule has 0 atom stereocenters. The summed E-state index contributed by atoms with van der Waals surface area (Å²) in [4.78, 5) is 11.8. The monoisotopic (exact) mass is 267 g/mol. The Morgan fingerprint density at radius 2 is 1.85 bits per heavy atom. The van der Waals surface area contributed by atoms with Crippen LogP contribution in [-0.2, 0) is 4.79 Å². The van der Waals surface area contributed by atoms with Crippen molar-refractivity contribution in [2.45, 2.75) is 33.1 Å². The molecular formula is C18H21NO. The lowest BCUT2D eigenvalue weighted by Gasteiger charge is -2.10. The van der Waals surface area contributed by atoms with E-state index in [0.29, 0.717) is 6.42 Å². The summed E-state index contributed by atoms with van der Waals surface area (Å²) >= 11 is 0. The number of nitrogens with one attached hydrogen (secondary N) is 1. The topological polar surface area (TPSA) is 29.1 Å². The zero-order chi connectivity index (χ0) is 14.4. The van der Waals surface area contributed by atoms with Gasteiger partial charge in [-0.2, -0.15) is 0 Å². The second-order valence-electron chi connectivity index (χ2n) is 5.05. The molecule has 2 heteroatoms. The third kappa shape index (κ3) is 3.70. The molecule has 104 valence electrons. The molecular weight excluding hydrogens is 246 g/mol. The third-order valence-corrected chi connectivity index (χ3v) is 3.36. The molecule has 0 aliphatic carbocycles. The van der Waals surface area contributed by atoms with E-state index in [-0.39, 0.29) is 5.91 Å². The summed E-state index contributed by atoms with van der Waals surface area (Å²) in [6, 6.07) is 16.3. The fraction of sp³-hybridized carbons (Fsp3) is 0.278. The third-order valence-electron chi connectivity index (χ3n) is 3.36. The minimum absolute atomic E-state index is 0.0923. The Bertz CT molecular complexity index is 575. The van der Waals surface area contributed by atoms with Crippen LogP contribution in [0.15, 0.2) is 48.5 Å². The van der Waals surface area contributed by atoms with Crippen molar-refractivity contribution in [2.24, 2.45) is 0 Å². The minimum atomic E-state index is 0.0923. The number of hydrogen-bond acceptors (Lipinski definition) is 1. The Balaban J connectivity index is 2.19. The summed E-state index contributed by atoms with van der Waals surface area (Å²) in [5, 5.41) is 2.98. The Morgan fingerprint density at radius 3 is 2.55 bits per heavy atom. The van der Waals surface area contributed by atoms with Crippen molar-refractivity contribution in [3.63, 3.8) is 0 Å². The van der Waals surface area contributed by atoms with Gasteiger partial charge in [0.05, 0.1) is 0 Å². The molecule has 2 aromatic rings. The summed E-state index contributed by atoms with van der Waals surface area (Å²) in [5.74, 6) is 0.0923. The average Bonchev–Trinajstić information content (AvgIpc) is 2.48. The highest BCUT2D eigenvalue weighted by molar-refractivity contribution is 5.91. The summed E-state index contributed by atoms with van der Waals surface area (Å²) in [6.07, 6.45) is 2.56. The van der Waals surface area contributed by atoms with Crippen LogP contribution in [0.1, 0.15) is 31.7 Å². The Kier molecular flexibility index (Phi) is 4.94. The zero-order valence-corrected chi connectivity index (χ0v) is 12.1. The van der Waals surface area contributed by atoms with Gasteiger partial charge in [-0.3, -0.25) is 4.79 Å². The van der Waals surface area contributed by atoms with E-state index in [1.165, 1.54) is 16.7 Å². The molecule has 0 saturated heterocycles. The molecule has 0 aliphatic heterocycles. The van der Waals surface area contributed by atoms with E-state index in [1.807, 2.05) is 24.3 Å². The van der Waals surface area contributed by atoms with Gasteiger partial charge in [0, 0.05) is 12.1 Å². The fourth-order valence-electron chi connectivity index (χ4n) is 2.19. The first-order valence-corrected chi connectivity index (χ1v) is 7.16. The van der Waals surface area contributed by atoms with Gasteiger partial charge in [0.1, 0.15) is 0 Å². The zero-order valence-electron chi connectivity index (χ0n) is 12.1. The van der Waals surface area contributed by atoms with Crippen LogP contribution in [0.5, 0.6) is 0 Å². The smallest absolute Gasteiger partial charge is 0.224 e. The number of rotatable bonds is 5. The number of carbonyl (C=O) groups is 1. The Labute approximate surface area is 120 Å². The largest absolute Gasteiger partial charge is 0.326 e. The van der Waals surface area contributed by atoms with Crippen molar-refractivity contribution >= 4 is 11.6 Å². The summed E-state index contributed by atoms with van der Waals surface area (Å²) in [5.41, 5.74) is 4.42. The standard InChI is InChI=1S/C18H21NO/c1-3-4-10-18(20)19-16-12-11-14(2)17(13-16)15-8-6-5-7-9-15/h5-9,11-13H,3-4,10H2,1-2H3,(H,19,20). The molecule has 0 heterocycles. The maximum atomic E-state index is 11.8. The first-order chi connectivity index (χ1) is 9.70.